The minimum absolute atomic E-state index is 0.368. The van der Waals surface area contributed by atoms with E-state index in [-0.39, 0.29) is 10.8 Å². The molecule has 0 fully saturated rings. The third kappa shape index (κ3) is 3.47. The van der Waals surface area contributed by atoms with Crippen LogP contribution in [0.15, 0.2) is 59.8 Å². The number of oxime groups is 1. The van der Waals surface area contributed by atoms with Gasteiger partial charge < -0.3 is 10.3 Å². The molecule has 0 aliphatic rings. The second-order valence-electron chi connectivity index (χ2n) is 8.61. The predicted octanol–water partition coefficient (Wildman–Crippen LogP) is 5.19. The first kappa shape index (κ1) is 19.2. The molecule has 0 aromatic heterocycles. The Morgan fingerprint density at radius 1 is 0.760 bits per heavy atom. The van der Waals surface area contributed by atoms with Crippen LogP contribution in [-0.4, -0.2) is 16.0 Å². The molecule has 0 bridgehead atoms. The maximum atomic E-state index is 11.7. The van der Waals surface area contributed by atoms with Crippen molar-refractivity contribution in [3.05, 3.63) is 71.3 Å². The number of hydrogen-bond donors (Lipinski definition) is 2. The van der Waals surface area contributed by atoms with Crippen LogP contribution in [0.3, 0.4) is 0 Å². The van der Waals surface area contributed by atoms with Crippen molar-refractivity contribution in [3.8, 4) is 0 Å². The van der Waals surface area contributed by atoms with Crippen LogP contribution in [-0.2, 0) is 5.60 Å². The molecule has 134 valence electrons. The molecule has 25 heavy (non-hydrogen) atoms. The van der Waals surface area contributed by atoms with Gasteiger partial charge >= 0.3 is 0 Å². The maximum absolute atomic E-state index is 11.7. The van der Waals surface area contributed by atoms with Crippen LogP contribution in [0.1, 0.15) is 58.2 Å². The van der Waals surface area contributed by atoms with Gasteiger partial charge in [-0.05, 0) is 22.5 Å². The van der Waals surface area contributed by atoms with Crippen molar-refractivity contribution < 1.29 is 10.3 Å². The third-order valence-electron chi connectivity index (χ3n) is 4.87. The predicted molar refractivity (Wildman–Crippen MR) is 103 cm³/mol. The molecule has 0 radical (unpaired) electrons. The highest BCUT2D eigenvalue weighted by molar-refractivity contribution is 6.12. The highest BCUT2D eigenvalue weighted by Gasteiger charge is 2.50. The first-order valence-electron chi connectivity index (χ1n) is 8.63. The van der Waals surface area contributed by atoms with E-state index in [1.54, 1.807) is 0 Å². The second kappa shape index (κ2) is 6.64. The van der Waals surface area contributed by atoms with Crippen molar-refractivity contribution in [3.63, 3.8) is 0 Å². The van der Waals surface area contributed by atoms with Crippen LogP contribution in [0.4, 0.5) is 0 Å². The van der Waals surface area contributed by atoms with Gasteiger partial charge in [-0.3, -0.25) is 0 Å². The Bertz CT molecular complexity index is 736. The van der Waals surface area contributed by atoms with Crippen LogP contribution in [0.25, 0.3) is 0 Å². The van der Waals surface area contributed by atoms with Gasteiger partial charge in [-0.15, -0.1) is 0 Å². The van der Waals surface area contributed by atoms with Gasteiger partial charge in [0.25, 0.3) is 0 Å². The summed E-state index contributed by atoms with van der Waals surface area (Å²) in [6.45, 7) is 12.3. The minimum Gasteiger partial charge on any atom is -0.410 e. The molecule has 0 aliphatic carbocycles. The van der Waals surface area contributed by atoms with Crippen molar-refractivity contribution in [2.45, 2.75) is 47.1 Å². The molecule has 2 aromatic rings. The largest absolute Gasteiger partial charge is 0.410 e. The first-order valence-corrected chi connectivity index (χ1v) is 8.63. The van der Waals surface area contributed by atoms with Crippen LogP contribution in [0, 0.1) is 10.8 Å². The monoisotopic (exact) mass is 339 g/mol. The van der Waals surface area contributed by atoms with Gasteiger partial charge in [0.05, 0.1) is 5.60 Å². The molecular formula is C22H29NO2. The van der Waals surface area contributed by atoms with Gasteiger partial charge in [-0.1, -0.05) is 95.2 Å². The number of nitrogens with zero attached hydrogens (tertiary/aromatic N) is 1. The molecule has 0 spiro atoms. The van der Waals surface area contributed by atoms with Gasteiger partial charge in [0.15, 0.2) is 0 Å². The van der Waals surface area contributed by atoms with Crippen molar-refractivity contribution >= 4 is 5.71 Å². The number of hydrogen-bond acceptors (Lipinski definition) is 3. The van der Waals surface area contributed by atoms with E-state index in [1.165, 1.54) is 0 Å². The first-order chi connectivity index (χ1) is 11.5. The van der Waals surface area contributed by atoms with Crippen LogP contribution < -0.4 is 0 Å². The fraction of sp³-hybridized carbons (Fsp3) is 0.409. The fourth-order valence-corrected chi connectivity index (χ4v) is 3.76. The number of benzene rings is 2. The molecule has 0 unspecified atom stereocenters. The van der Waals surface area contributed by atoms with Crippen LogP contribution >= 0.6 is 0 Å². The van der Waals surface area contributed by atoms with Crippen molar-refractivity contribution in [1.82, 2.24) is 0 Å². The highest BCUT2D eigenvalue weighted by Crippen LogP contribution is 2.51. The molecule has 2 N–H and O–H groups in total. The summed E-state index contributed by atoms with van der Waals surface area (Å²) in [6.07, 6.45) is 0. The van der Waals surface area contributed by atoms with Crippen LogP contribution in [0.5, 0.6) is 0 Å². The molecule has 0 atom stereocenters. The molecule has 3 nitrogen and oxygen atoms in total. The Labute approximate surface area is 151 Å². The summed E-state index contributed by atoms with van der Waals surface area (Å²) in [6, 6.07) is 17.2. The van der Waals surface area contributed by atoms with Crippen molar-refractivity contribution in [2.24, 2.45) is 16.0 Å². The smallest absolute Gasteiger partial charge is 0.117 e. The fourth-order valence-electron chi connectivity index (χ4n) is 3.76. The molecule has 0 heterocycles. The minimum atomic E-state index is -1.05. The van der Waals surface area contributed by atoms with Gasteiger partial charge in [0, 0.05) is 11.1 Å². The van der Waals surface area contributed by atoms with E-state index in [0.717, 1.165) is 16.7 Å². The quantitative estimate of drug-likeness (QED) is 0.459. The summed E-state index contributed by atoms with van der Waals surface area (Å²) in [4.78, 5) is 0. The zero-order valence-corrected chi connectivity index (χ0v) is 16.0. The molecule has 0 saturated carbocycles. The molecule has 2 rings (SSSR count). The van der Waals surface area contributed by atoms with Gasteiger partial charge in [0.2, 0.25) is 0 Å². The lowest BCUT2D eigenvalue weighted by molar-refractivity contribution is -0.145. The van der Waals surface area contributed by atoms with E-state index in [4.69, 9.17) is 0 Å². The summed E-state index contributed by atoms with van der Waals surface area (Å²) in [5.74, 6) is 0. The van der Waals surface area contributed by atoms with Crippen molar-refractivity contribution in [2.75, 3.05) is 0 Å². The Balaban J connectivity index is 2.62. The SMILES string of the molecule is CC(C)(C)C(O)(c1cccc(/C(=N\O)c2ccccc2)c1)C(C)(C)C. The van der Waals surface area contributed by atoms with E-state index in [0.29, 0.717) is 5.71 Å². The average molecular weight is 339 g/mol. The highest BCUT2D eigenvalue weighted by atomic mass is 16.4. The Hall–Kier alpha value is -2.13. The zero-order chi connectivity index (χ0) is 18.9. The summed E-state index contributed by atoms with van der Waals surface area (Å²) >= 11 is 0. The molecule has 3 heteroatoms. The maximum Gasteiger partial charge on any atom is 0.117 e. The third-order valence-corrected chi connectivity index (χ3v) is 4.87. The molecular weight excluding hydrogens is 310 g/mol. The standard InChI is InChI=1S/C22H29NO2/c1-20(2,3)22(24,21(4,5)6)18-14-10-13-17(15-18)19(23-25)16-11-8-7-9-12-16/h7-15,24-25H,1-6H3/b23-19-. The van der Waals surface area contributed by atoms with E-state index < -0.39 is 5.60 Å². The van der Waals surface area contributed by atoms with Crippen molar-refractivity contribution in [1.29, 1.82) is 0 Å². The lowest BCUT2D eigenvalue weighted by Gasteiger charge is -2.50. The van der Waals surface area contributed by atoms with E-state index in [2.05, 4.69) is 5.16 Å². The Morgan fingerprint density at radius 3 is 1.76 bits per heavy atom. The summed E-state index contributed by atoms with van der Waals surface area (Å²) in [7, 11) is 0. The van der Waals surface area contributed by atoms with Gasteiger partial charge in [-0.25, -0.2) is 0 Å². The Morgan fingerprint density at radius 2 is 1.28 bits per heavy atom. The zero-order valence-electron chi connectivity index (χ0n) is 16.0. The van der Waals surface area contributed by atoms with E-state index in [9.17, 15) is 10.3 Å². The lowest BCUT2D eigenvalue weighted by Crippen LogP contribution is -2.50. The molecule has 0 saturated heterocycles. The normalized spacial score (nSPS) is 13.8. The topological polar surface area (TPSA) is 52.8 Å². The number of aliphatic hydroxyl groups is 1. The van der Waals surface area contributed by atoms with E-state index in [1.807, 2.05) is 96.1 Å². The summed E-state index contributed by atoms with van der Waals surface area (Å²) in [5.41, 5.74) is 1.14. The molecule has 0 amide bonds. The van der Waals surface area contributed by atoms with E-state index >= 15 is 0 Å². The lowest BCUT2D eigenvalue weighted by atomic mass is 9.59. The summed E-state index contributed by atoms with van der Waals surface area (Å²) in [5, 5.41) is 24.8. The van der Waals surface area contributed by atoms with Gasteiger partial charge in [-0.2, -0.15) is 0 Å². The summed E-state index contributed by atoms with van der Waals surface area (Å²) < 4.78 is 0. The average Bonchev–Trinajstić information content (AvgIpc) is 2.54. The molecule has 0 aliphatic heterocycles. The second-order valence-corrected chi connectivity index (χ2v) is 8.61. The Kier molecular flexibility index (Phi) is 5.10. The van der Waals surface area contributed by atoms with Crippen LogP contribution in [0.2, 0.25) is 0 Å². The van der Waals surface area contributed by atoms with Gasteiger partial charge in [0.1, 0.15) is 5.71 Å². The molecule has 2 aromatic carbocycles. The number of rotatable bonds is 3.